The van der Waals surface area contributed by atoms with Crippen LogP contribution in [0.2, 0.25) is 5.02 Å². The van der Waals surface area contributed by atoms with E-state index in [1.807, 2.05) is 30.9 Å². The fourth-order valence-electron chi connectivity index (χ4n) is 3.51. The topological polar surface area (TPSA) is 61.8 Å². The molecule has 0 radical (unpaired) electrons. The Morgan fingerprint density at radius 2 is 2.31 bits per heavy atom. The number of nitrogens with zero attached hydrogens (tertiary/aromatic N) is 3. The van der Waals surface area contributed by atoms with Gasteiger partial charge in [-0.25, -0.2) is 4.98 Å². The van der Waals surface area contributed by atoms with E-state index in [2.05, 4.69) is 31.8 Å². The molecule has 2 N–H and O–H groups in total. The second-order valence-corrected chi connectivity index (χ2v) is 8.49. The number of pyridine rings is 1. The first kappa shape index (κ1) is 19.6. The molecule has 8 heteroatoms. The number of hydrogen-bond acceptors (Lipinski definition) is 5. The van der Waals surface area contributed by atoms with Gasteiger partial charge in [-0.1, -0.05) is 11.6 Å². The molecule has 6 nitrogen and oxygen atoms in total. The summed E-state index contributed by atoms with van der Waals surface area (Å²) in [5.41, 5.74) is 0. The SMILES string of the molecule is CN=C(NCC1(SC)CCOCC1)NC1CCN(c2ncccc2Cl)C1. The Balaban J connectivity index is 1.52. The Bertz CT molecular complexity index is 623. The standard InChI is InChI=1S/C18H28ClN5OS/c1-20-17(22-13-18(26-2)6-10-25-11-7-18)23-14-5-9-24(12-14)16-15(19)4-3-8-21-16/h3-4,8,14H,5-7,9-13H2,1-2H3,(H2,20,22,23). The highest BCUT2D eigenvalue weighted by Crippen LogP contribution is 2.33. The normalized spacial score (nSPS) is 23.1. The number of hydrogen-bond donors (Lipinski definition) is 2. The summed E-state index contributed by atoms with van der Waals surface area (Å²) in [5.74, 6) is 1.73. The number of nitrogens with one attached hydrogen (secondary N) is 2. The summed E-state index contributed by atoms with van der Waals surface area (Å²) in [6.45, 7) is 4.41. The third-order valence-corrected chi connectivity index (χ3v) is 6.92. The van der Waals surface area contributed by atoms with Crippen molar-refractivity contribution in [3.05, 3.63) is 23.4 Å². The van der Waals surface area contributed by atoms with Crippen LogP contribution in [0.3, 0.4) is 0 Å². The third kappa shape index (κ3) is 4.75. The van der Waals surface area contributed by atoms with Crippen molar-refractivity contribution in [2.45, 2.75) is 30.1 Å². The first-order valence-corrected chi connectivity index (χ1v) is 10.7. The van der Waals surface area contributed by atoms with Crippen LogP contribution in [0.4, 0.5) is 5.82 Å². The number of rotatable bonds is 5. The summed E-state index contributed by atoms with van der Waals surface area (Å²) in [5, 5.41) is 7.78. The van der Waals surface area contributed by atoms with Crippen LogP contribution in [-0.4, -0.2) is 67.9 Å². The highest BCUT2D eigenvalue weighted by atomic mass is 35.5. The van der Waals surface area contributed by atoms with E-state index in [0.29, 0.717) is 11.1 Å². The molecular weight excluding hydrogens is 370 g/mol. The molecule has 3 heterocycles. The van der Waals surface area contributed by atoms with E-state index < -0.39 is 0 Å². The van der Waals surface area contributed by atoms with Gasteiger partial charge in [-0.3, -0.25) is 4.99 Å². The minimum atomic E-state index is 0.235. The van der Waals surface area contributed by atoms with Gasteiger partial charge in [0.05, 0.1) is 5.02 Å². The average molecular weight is 398 g/mol. The van der Waals surface area contributed by atoms with Gasteiger partial charge < -0.3 is 20.3 Å². The van der Waals surface area contributed by atoms with Crippen LogP contribution in [0.25, 0.3) is 0 Å². The molecule has 1 aromatic rings. The summed E-state index contributed by atoms with van der Waals surface area (Å²) in [6.07, 6.45) is 7.17. The number of ether oxygens (including phenoxy) is 1. The van der Waals surface area contributed by atoms with Crippen LogP contribution in [0.15, 0.2) is 23.3 Å². The molecule has 0 saturated carbocycles. The van der Waals surface area contributed by atoms with Gasteiger partial charge in [-0.2, -0.15) is 11.8 Å². The number of aromatic nitrogens is 1. The number of aliphatic imine (C=N–C) groups is 1. The number of halogens is 1. The molecule has 3 rings (SSSR count). The molecule has 1 atom stereocenters. The number of guanidine groups is 1. The van der Waals surface area contributed by atoms with Crippen LogP contribution in [-0.2, 0) is 4.74 Å². The van der Waals surface area contributed by atoms with E-state index in [1.54, 1.807) is 6.20 Å². The van der Waals surface area contributed by atoms with E-state index in [-0.39, 0.29) is 4.75 Å². The van der Waals surface area contributed by atoms with Gasteiger partial charge in [0.2, 0.25) is 0 Å². The summed E-state index contributed by atoms with van der Waals surface area (Å²) in [7, 11) is 1.83. The van der Waals surface area contributed by atoms with E-state index in [4.69, 9.17) is 16.3 Å². The highest BCUT2D eigenvalue weighted by molar-refractivity contribution is 8.00. The first-order chi connectivity index (χ1) is 12.7. The average Bonchev–Trinajstić information content (AvgIpc) is 3.14. The van der Waals surface area contributed by atoms with Crippen LogP contribution >= 0.6 is 23.4 Å². The predicted octanol–water partition coefficient (Wildman–Crippen LogP) is 2.39. The van der Waals surface area contributed by atoms with Gasteiger partial charge in [0.1, 0.15) is 5.82 Å². The van der Waals surface area contributed by atoms with Crippen molar-refractivity contribution in [1.82, 2.24) is 15.6 Å². The Morgan fingerprint density at radius 1 is 1.50 bits per heavy atom. The van der Waals surface area contributed by atoms with Crippen molar-refractivity contribution in [2.75, 3.05) is 51.1 Å². The molecular formula is C18H28ClN5OS. The molecule has 0 aliphatic carbocycles. The summed E-state index contributed by atoms with van der Waals surface area (Å²) < 4.78 is 5.76. The van der Waals surface area contributed by atoms with Gasteiger partial charge in [0, 0.05) is 56.9 Å². The first-order valence-electron chi connectivity index (χ1n) is 9.11. The predicted molar refractivity (Wildman–Crippen MR) is 111 cm³/mol. The fourth-order valence-corrected chi connectivity index (χ4v) is 4.54. The molecule has 1 aromatic heterocycles. The number of anilines is 1. The number of thioether (sulfide) groups is 1. The summed E-state index contributed by atoms with van der Waals surface area (Å²) in [6, 6.07) is 4.08. The van der Waals surface area contributed by atoms with Crippen molar-refractivity contribution < 1.29 is 4.74 Å². The molecule has 144 valence electrons. The third-order valence-electron chi connectivity index (χ3n) is 5.21. The lowest BCUT2D eigenvalue weighted by molar-refractivity contribution is 0.0782. The van der Waals surface area contributed by atoms with Gasteiger partial charge in [0.25, 0.3) is 0 Å². The summed E-state index contributed by atoms with van der Waals surface area (Å²) in [4.78, 5) is 11.1. The van der Waals surface area contributed by atoms with Crippen LogP contribution < -0.4 is 15.5 Å². The summed E-state index contributed by atoms with van der Waals surface area (Å²) >= 11 is 8.21. The zero-order valence-electron chi connectivity index (χ0n) is 15.5. The lowest BCUT2D eigenvalue weighted by Gasteiger charge is -2.36. The van der Waals surface area contributed by atoms with Crippen molar-refractivity contribution in [3.63, 3.8) is 0 Å². The monoisotopic (exact) mass is 397 g/mol. The quantitative estimate of drug-likeness (QED) is 0.587. The Labute approximate surface area is 165 Å². The molecule has 0 spiro atoms. The second kappa shape index (κ2) is 9.15. The van der Waals surface area contributed by atoms with E-state index in [9.17, 15) is 0 Å². The maximum absolute atomic E-state index is 6.28. The molecule has 0 aromatic carbocycles. The van der Waals surface area contributed by atoms with Crippen molar-refractivity contribution in [3.8, 4) is 0 Å². The second-order valence-electron chi connectivity index (χ2n) is 6.81. The molecule has 1 unspecified atom stereocenters. The molecule has 2 aliphatic heterocycles. The van der Waals surface area contributed by atoms with Gasteiger partial charge in [-0.15, -0.1) is 0 Å². The van der Waals surface area contributed by atoms with E-state index >= 15 is 0 Å². The lowest BCUT2D eigenvalue weighted by Crippen LogP contribution is -2.50. The largest absolute Gasteiger partial charge is 0.381 e. The van der Waals surface area contributed by atoms with Crippen molar-refractivity contribution in [1.29, 1.82) is 0 Å². The highest BCUT2D eigenvalue weighted by Gasteiger charge is 2.32. The smallest absolute Gasteiger partial charge is 0.191 e. The molecule has 26 heavy (non-hydrogen) atoms. The van der Waals surface area contributed by atoms with Crippen LogP contribution in [0.5, 0.6) is 0 Å². The van der Waals surface area contributed by atoms with Gasteiger partial charge in [0.15, 0.2) is 5.96 Å². The minimum absolute atomic E-state index is 0.235. The molecule has 2 saturated heterocycles. The molecule has 2 fully saturated rings. The van der Waals surface area contributed by atoms with Gasteiger partial charge in [-0.05, 0) is 37.7 Å². The van der Waals surface area contributed by atoms with Crippen LogP contribution in [0.1, 0.15) is 19.3 Å². The Hall–Kier alpha value is -1.18. The molecule has 0 bridgehead atoms. The zero-order chi connectivity index (χ0) is 18.4. The van der Waals surface area contributed by atoms with Crippen molar-refractivity contribution >= 4 is 35.1 Å². The van der Waals surface area contributed by atoms with E-state index in [1.165, 1.54) is 0 Å². The maximum Gasteiger partial charge on any atom is 0.191 e. The lowest BCUT2D eigenvalue weighted by atomic mass is 9.99. The van der Waals surface area contributed by atoms with Crippen molar-refractivity contribution in [2.24, 2.45) is 4.99 Å². The molecule has 0 amide bonds. The Kier molecular flexibility index (Phi) is 6.89. The minimum Gasteiger partial charge on any atom is -0.381 e. The fraction of sp³-hybridized carbons (Fsp3) is 0.667. The Morgan fingerprint density at radius 3 is 3.00 bits per heavy atom. The van der Waals surface area contributed by atoms with E-state index in [0.717, 1.165) is 63.9 Å². The zero-order valence-corrected chi connectivity index (χ0v) is 17.1. The van der Waals surface area contributed by atoms with Gasteiger partial charge >= 0.3 is 0 Å². The van der Waals surface area contributed by atoms with Crippen LogP contribution in [0, 0.1) is 0 Å². The molecule has 2 aliphatic rings. The maximum atomic E-state index is 6.28.